The van der Waals surface area contributed by atoms with Crippen LogP contribution >= 0.6 is 11.8 Å². The average molecular weight is 344 g/mol. The third-order valence-electron chi connectivity index (χ3n) is 4.43. The zero-order valence-corrected chi connectivity index (χ0v) is 14.6. The quantitative estimate of drug-likeness (QED) is 0.674. The summed E-state index contributed by atoms with van der Waals surface area (Å²) < 4.78 is 1.68. The molecule has 0 unspecified atom stereocenters. The molecule has 2 heterocycles. The SMILES string of the molecule is C[C@@H](Sc1ncnc2c1cnn2C)C(=O)NC1(C#N)CCCCC1. The van der Waals surface area contributed by atoms with Crippen molar-refractivity contribution in [3.05, 3.63) is 12.5 Å². The van der Waals surface area contributed by atoms with Gasteiger partial charge in [-0.1, -0.05) is 31.0 Å². The summed E-state index contributed by atoms with van der Waals surface area (Å²) in [5.41, 5.74) is 0.0280. The van der Waals surface area contributed by atoms with Crippen molar-refractivity contribution < 1.29 is 4.79 Å². The molecular weight excluding hydrogens is 324 g/mol. The minimum Gasteiger partial charge on any atom is -0.337 e. The van der Waals surface area contributed by atoms with Crippen molar-refractivity contribution in [2.24, 2.45) is 7.05 Å². The van der Waals surface area contributed by atoms with E-state index in [0.717, 1.165) is 48.2 Å². The number of hydrogen-bond acceptors (Lipinski definition) is 6. The highest BCUT2D eigenvalue weighted by Crippen LogP contribution is 2.30. The lowest BCUT2D eigenvalue weighted by molar-refractivity contribution is -0.121. The van der Waals surface area contributed by atoms with Crippen LogP contribution in [0.25, 0.3) is 11.0 Å². The Labute approximate surface area is 144 Å². The number of nitriles is 1. The lowest BCUT2D eigenvalue weighted by Gasteiger charge is -2.32. The highest BCUT2D eigenvalue weighted by Gasteiger charge is 2.35. The minimum atomic E-state index is -0.709. The number of fused-ring (bicyclic) bond motifs is 1. The van der Waals surface area contributed by atoms with Gasteiger partial charge in [0.05, 0.1) is 22.9 Å². The van der Waals surface area contributed by atoms with E-state index in [2.05, 4.69) is 26.5 Å². The third-order valence-corrected chi connectivity index (χ3v) is 5.55. The van der Waals surface area contributed by atoms with E-state index >= 15 is 0 Å². The number of nitrogens with zero attached hydrogens (tertiary/aromatic N) is 5. The summed E-state index contributed by atoms with van der Waals surface area (Å²) in [5.74, 6) is -0.126. The van der Waals surface area contributed by atoms with Crippen LogP contribution in [0.4, 0.5) is 0 Å². The first kappa shape index (κ1) is 16.7. The van der Waals surface area contributed by atoms with Gasteiger partial charge >= 0.3 is 0 Å². The van der Waals surface area contributed by atoms with Crippen molar-refractivity contribution in [2.45, 2.75) is 54.8 Å². The van der Waals surface area contributed by atoms with Crippen molar-refractivity contribution in [3.8, 4) is 6.07 Å². The van der Waals surface area contributed by atoms with Gasteiger partial charge in [-0.2, -0.15) is 10.4 Å². The molecule has 1 fully saturated rings. The fraction of sp³-hybridized carbons (Fsp3) is 0.562. The highest BCUT2D eigenvalue weighted by molar-refractivity contribution is 8.00. The summed E-state index contributed by atoms with van der Waals surface area (Å²) in [5, 5.41) is 17.9. The van der Waals surface area contributed by atoms with Crippen LogP contribution in [0.5, 0.6) is 0 Å². The van der Waals surface area contributed by atoms with E-state index in [-0.39, 0.29) is 11.2 Å². The molecule has 7 nitrogen and oxygen atoms in total. The molecule has 0 aliphatic heterocycles. The average Bonchev–Trinajstić information content (AvgIpc) is 2.98. The fourth-order valence-electron chi connectivity index (χ4n) is 3.01. The number of carbonyl (C=O) groups is 1. The van der Waals surface area contributed by atoms with Crippen LogP contribution in [0.1, 0.15) is 39.0 Å². The molecule has 8 heteroatoms. The van der Waals surface area contributed by atoms with Crippen LogP contribution in [0.2, 0.25) is 0 Å². The summed E-state index contributed by atoms with van der Waals surface area (Å²) in [6, 6.07) is 2.32. The van der Waals surface area contributed by atoms with Crippen LogP contribution < -0.4 is 5.32 Å². The largest absolute Gasteiger partial charge is 0.337 e. The second-order valence-electron chi connectivity index (χ2n) is 6.19. The number of thioether (sulfide) groups is 1. The Morgan fingerprint density at radius 2 is 2.17 bits per heavy atom. The monoisotopic (exact) mass is 344 g/mol. The van der Waals surface area contributed by atoms with Gasteiger partial charge in [0.25, 0.3) is 0 Å². The van der Waals surface area contributed by atoms with Gasteiger partial charge in [0.2, 0.25) is 5.91 Å². The molecule has 0 bridgehead atoms. The Balaban J connectivity index is 1.73. The zero-order chi connectivity index (χ0) is 17.2. The summed E-state index contributed by atoms with van der Waals surface area (Å²) >= 11 is 1.37. The molecule has 2 aromatic heterocycles. The molecule has 1 amide bonds. The Kier molecular flexibility index (Phi) is 4.71. The first-order valence-corrected chi connectivity index (χ1v) is 8.95. The molecule has 1 aliphatic rings. The van der Waals surface area contributed by atoms with Crippen molar-refractivity contribution in [1.29, 1.82) is 5.26 Å². The van der Waals surface area contributed by atoms with Crippen LogP contribution in [0.3, 0.4) is 0 Å². The molecule has 1 atom stereocenters. The number of carbonyl (C=O) groups excluding carboxylic acids is 1. The van der Waals surface area contributed by atoms with E-state index in [4.69, 9.17) is 0 Å². The van der Waals surface area contributed by atoms with Crippen molar-refractivity contribution in [3.63, 3.8) is 0 Å². The van der Waals surface area contributed by atoms with Crippen molar-refractivity contribution in [2.75, 3.05) is 0 Å². The first-order valence-electron chi connectivity index (χ1n) is 8.07. The Morgan fingerprint density at radius 1 is 1.42 bits per heavy atom. The predicted octanol–water partition coefficient (Wildman–Crippen LogP) is 2.19. The number of hydrogen-bond donors (Lipinski definition) is 1. The summed E-state index contributed by atoms with van der Waals surface area (Å²) in [7, 11) is 1.82. The number of aryl methyl sites for hydroxylation is 1. The Hall–Kier alpha value is -2.14. The molecule has 0 aromatic carbocycles. The van der Waals surface area contributed by atoms with E-state index < -0.39 is 5.54 Å². The molecule has 0 saturated heterocycles. The second kappa shape index (κ2) is 6.77. The van der Waals surface area contributed by atoms with Gasteiger partial charge in [0.1, 0.15) is 16.9 Å². The first-order chi connectivity index (χ1) is 11.5. The molecule has 3 rings (SSSR count). The van der Waals surface area contributed by atoms with Gasteiger partial charge in [-0.3, -0.25) is 9.48 Å². The van der Waals surface area contributed by atoms with Crippen molar-refractivity contribution in [1.82, 2.24) is 25.1 Å². The molecule has 1 saturated carbocycles. The minimum absolute atomic E-state index is 0.126. The van der Waals surface area contributed by atoms with E-state index in [1.54, 1.807) is 10.9 Å². The number of rotatable bonds is 4. The normalized spacial score (nSPS) is 18.0. The molecule has 1 aliphatic carbocycles. The third kappa shape index (κ3) is 3.22. The van der Waals surface area contributed by atoms with Crippen LogP contribution in [-0.2, 0) is 11.8 Å². The van der Waals surface area contributed by atoms with Gasteiger partial charge in [0, 0.05) is 7.05 Å². The van der Waals surface area contributed by atoms with Gasteiger partial charge in [-0.25, -0.2) is 9.97 Å². The second-order valence-corrected chi connectivity index (χ2v) is 7.52. The molecular formula is C16H20N6OS. The summed E-state index contributed by atoms with van der Waals surface area (Å²) in [4.78, 5) is 21.1. The fourth-order valence-corrected chi connectivity index (χ4v) is 3.89. The molecule has 1 N–H and O–H groups in total. The number of amides is 1. The molecule has 24 heavy (non-hydrogen) atoms. The highest BCUT2D eigenvalue weighted by atomic mass is 32.2. The number of aromatic nitrogens is 4. The Morgan fingerprint density at radius 3 is 2.88 bits per heavy atom. The van der Waals surface area contributed by atoms with E-state index in [1.165, 1.54) is 18.1 Å². The van der Waals surface area contributed by atoms with Crippen LogP contribution in [0.15, 0.2) is 17.6 Å². The topological polar surface area (TPSA) is 96.5 Å². The van der Waals surface area contributed by atoms with E-state index in [1.807, 2.05) is 14.0 Å². The maximum atomic E-state index is 12.6. The zero-order valence-electron chi connectivity index (χ0n) is 13.8. The summed E-state index contributed by atoms with van der Waals surface area (Å²) in [6.07, 6.45) is 7.74. The predicted molar refractivity (Wildman–Crippen MR) is 91.2 cm³/mol. The molecule has 0 radical (unpaired) electrons. The molecule has 2 aromatic rings. The maximum absolute atomic E-state index is 12.6. The van der Waals surface area contributed by atoms with Gasteiger partial charge in [-0.05, 0) is 19.8 Å². The Bertz CT molecular complexity index is 789. The van der Waals surface area contributed by atoms with Gasteiger partial charge < -0.3 is 5.32 Å². The van der Waals surface area contributed by atoms with Crippen LogP contribution in [0, 0.1) is 11.3 Å². The smallest absolute Gasteiger partial charge is 0.234 e. The molecule has 0 spiro atoms. The van der Waals surface area contributed by atoms with Crippen molar-refractivity contribution >= 4 is 28.7 Å². The van der Waals surface area contributed by atoms with Gasteiger partial charge in [0.15, 0.2) is 5.65 Å². The van der Waals surface area contributed by atoms with E-state index in [9.17, 15) is 10.1 Å². The maximum Gasteiger partial charge on any atom is 0.234 e. The van der Waals surface area contributed by atoms with Crippen LogP contribution in [-0.4, -0.2) is 36.4 Å². The standard InChI is InChI=1S/C16H20N6OS/c1-11(14(23)21-16(9-17)6-4-3-5-7-16)24-15-12-8-20-22(2)13(12)18-10-19-15/h8,10-11H,3-7H2,1-2H3,(H,21,23)/t11-/m1/s1. The van der Waals surface area contributed by atoms with E-state index in [0.29, 0.717) is 0 Å². The van der Waals surface area contributed by atoms with Gasteiger partial charge in [-0.15, -0.1) is 0 Å². The number of nitrogens with one attached hydrogen (secondary N) is 1. The molecule has 126 valence electrons. The summed E-state index contributed by atoms with van der Waals surface area (Å²) in [6.45, 7) is 1.83. The lowest BCUT2D eigenvalue weighted by Crippen LogP contribution is -2.50. The lowest BCUT2D eigenvalue weighted by atomic mass is 9.83.